The Morgan fingerprint density at radius 2 is 2.21 bits per heavy atom. The number of furan rings is 1. The number of hydrogen-bond donors (Lipinski definition) is 0. The molecule has 0 fully saturated rings. The molecule has 1 aromatic carbocycles. The zero-order valence-corrected chi connectivity index (χ0v) is 15.8. The van der Waals surface area contributed by atoms with Crippen LogP contribution in [0.25, 0.3) is 11.5 Å². The van der Waals surface area contributed by atoms with Gasteiger partial charge in [-0.1, -0.05) is 11.8 Å². The number of aromatic nitrogens is 2. The first-order chi connectivity index (χ1) is 13.5. The summed E-state index contributed by atoms with van der Waals surface area (Å²) in [7, 11) is 0. The summed E-state index contributed by atoms with van der Waals surface area (Å²) in [4.78, 5) is 24.9. The lowest BCUT2D eigenvalue weighted by atomic mass is 10.0. The molecule has 0 saturated carbocycles. The number of hydrogen-bond acceptors (Lipinski definition) is 8. The normalized spacial score (nSPS) is 13.4. The van der Waals surface area contributed by atoms with Gasteiger partial charge in [0, 0.05) is 24.4 Å². The van der Waals surface area contributed by atoms with E-state index in [0.717, 1.165) is 35.0 Å². The van der Waals surface area contributed by atoms with E-state index in [1.54, 1.807) is 36.3 Å². The van der Waals surface area contributed by atoms with Gasteiger partial charge in [-0.15, -0.1) is 10.2 Å². The molecule has 0 N–H and O–H groups in total. The fourth-order valence-corrected chi connectivity index (χ4v) is 3.78. The van der Waals surface area contributed by atoms with E-state index in [1.807, 2.05) is 0 Å². The molecule has 144 valence electrons. The summed E-state index contributed by atoms with van der Waals surface area (Å²) >= 11 is 1.16. The molecule has 1 aliphatic heterocycles. The van der Waals surface area contributed by atoms with Crippen molar-refractivity contribution in [2.24, 2.45) is 0 Å². The summed E-state index contributed by atoms with van der Waals surface area (Å²) in [5.41, 5.74) is 2.30. The second-order valence-corrected chi connectivity index (χ2v) is 7.20. The molecule has 0 atom stereocenters. The van der Waals surface area contributed by atoms with Crippen molar-refractivity contribution < 1.29 is 18.6 Å². The standard InChI is InChI=1S/C18H16N4O5S/c1-11-14(6-8-26-11)17-19-20-18(27-17)28-10-16(23)21-7-2-3-12-9-13(22(24)25)4-5-15(12)21/h4-6,8-9H,2-3,7,10H2,1H3. The lowest BCUT2D eigenvalue weighted by Gasteiger charge is -2.29. The van der Waals surface area contributed by atoms with Crippen molar-refractivity contribution in [1.82, 2.24) is 10.2 Å². The molecule has 28 heavy (non-hydrogen) atoms. The molecule has 0 spiro atoms. The molecule has 1 amide bonds. The highest BCUT2D eigenvalue weighted by Crippen LogP contribution is 2.32. The second kappa shape index (κ2) is 7.47. The van der Waals surface area contributed by atoms with Gasteiger partial charge < -0.3 is 13.7 Å². The quantitative estimate of drug-likeness (QED) is 0.362. The van der Waals surface area contributed by atoms with E-state index < -0.39 is 4.92 Å². The molecule has 10 heteroatoms. The molecule has 4 rings (SSSR count). The zero-order chi connectivity index (χ0) is 19.7. The zero-order valence-electron chi connectivity index (χ0n) is 15.0. The Kier molecular flexibility index (Phi) is 4.86. The summed E-state index contributed by atoms with van der Waals surface area (Å²) in [6, 6.07) is 6.35. The number of nitro benzene ring substituents is 1. The van der Waals surface area contributed by atoms with Gasteiger partial charge in [0.15, 0.2) is 0 Å². The SMILES string of the molecule is Cc1occc1-c1nnc(SCC(=O)N2CCCc3cc([N+](=O)[O-])ccc32)o1. The highest BCUT2D eigenvalue weighted by molar-refractivity contribution is 7.99. The first-order valence-electron chi connectivity index (χ1n) is 8.61. The minimum atomic E-state index is -0.425. The lowest BCUT2D eigenvalue weighted by molar-refractivity contribution is -0.384. The van der Waals surface area contributed by atoms with Crippen LogP contribution in [-0.2, 0) is 11.2 Å². The summed E-state index contributed by atoms with van der Waals surface area (Å²) in [6.07, 6.45) is 3.02. The maximum atomic E-state index is 12.7. The number of benzene rings is 1. The molecule has 0 bridgehead atoms. The Morgan fingerprint density at radius 1 is 1.36 bits per heavy atom. The van der Waals surface area contributed by atoms with Crippen molar-refractivity contribution in [2.75, 3.05) is 17.2 Å². The average molecular weight is 400 g/mol. The third kappa shape index (κ3) is 3.50. The van der Waals surface area contributed by atoms with Crippen LogP contribution < -0.4 is 4.90 Å². The minimum Gasteiger partial charge on any atom is -0.469 e. The fraction of sp³-hybridized carbons (Fsp3) is 0.278. The van der Waals surface area contributed by atoms with Gasteiger partial charge in [-0.3, -0.25) is 14.9 Å². The summed E-state index contributed by atoms with van der Waals surface area (Å²) in [5, 5.41) is 19.2. The van der Waals surface area contributed by atoms with E-state index in [-0.39, 0.29) is 17.3 Å². The van der Waals surface area contributed by atoms with Crippen LogP contribution in [-0.4, -0.2) is 33.3 Å². The van der Waals surface area contributed by atoms with Crippen LogP contribution in [0.1, 0.15) is 17.7 Å². The topological polar surface area (TPSA) is 116 Å². The summed E-state index contributed by atoms with van der Waals surface area (Å²) < 4.78 is 10.8. The average Bonchev–Trinajstić information content (AvgIpc) is 3.33. The highest BCUT2D eigenvalue weighted by Gasteiger charge is 2.25. The summed E-state index contributed by atoms with van der Waals surface area (Å²) in [5.74, 6) is 1.04. The van der Waals surface area contributed by atoms with Gasteiger partial charge in [0.2, 0.25) is 5.91 Å². The highest BCUT2D eigenvalue weighted by atomic mass is 32.2. The van der Waals surface area contributed by atoms with Gasteiger partial charge in [0.1, 0.15) is 5.76 Å². The Balaban J connectivity index is 1.45. The van der Waals surface area contributed by atoms with Crippen LogP contribution in [0.4, 0.5) is 11.4 Å². The third-order valence-electron chi connectivity index (χ3n) is 4.51. The Bertz CT molecular complexity index is 1040. The third-order valence-corrected chi connectivity index (χ3v) is 5.31. The lowest BCUT2D eigenvalue weighted by Crippen LogP contribution is -2.36. The number of rotatable bonds is 5. The van der Waals surface area contributed by atoms with E-state index in [2.05, 4.69) is 10.2 Å². The predicted molar refractivity (Wildman–Crippen MR) is 101 cm³/mol. The number of non-ortho nitro benzene ring substituents is 1. The minimum absolute atomic E-state index is 0.0374. The smallest absolute Gasteiger partial charge is 0.277 e. The molecule has 3 aromatic rings. The molecule has 0 unspecified atom stereocenters. The van der Waals surface area contributed by atoms with Crippen molar-refractivity contribution in [3.05, 3.63) is 52.0 Å². The molecule has 0 aliphatic carbocycles. The number of thioether (sulfide) groups is 1. The van der Waals surface area contributed by atoms with Crippen molar-refractivity contribution in [3.8, 4) is 11.5 Å². The summed E-state index contributed by atoms with van der Waals surface area (Å²) in [6.45, 7) is 2.38. The molecule has 2 aromatic heterocycles. The van der Waals surface area contributed by atoms with Gasteiger partial charge in [-0.2, -0.15) is 0 Å². The van der Waals surface area contributed by atoms with E-state index in [9.17, 15) is 14.9 Å². The fourth-order valence-electron chi connectivity index (χ4n) is 3.14. The maximum absolute atomic E-state index is 12.7. The number of aryl methyl sites for hydroxylation is 2. The Morgan fingerprint density at radius 3 is 2.96 bits per heavy atom. The van der Waals surface area contributed by atoms with Crippen molar-refractivity contribution >= 4 is 29.0 Å². The van der Waals surface area contributed by atoms with E-state index in [1.165, 1.54) is 6.07 Å². The first kappa shape index (κ1) is 18.2. The van der Waals surface area contributed by atoms with E-state index in [4.69, 9.17) is 8.83 Å². The van der Waals surface area contributed by atoms with Gasteiger partial charge in [0.05, 0.1) is 22.5 Å². The Labute approximate surface area is 163 Å². The molecule has 3 heterocycles. The van der Waals surface area contributed by atoms with Gasteiger partial charge in [0.25, 0.3) is 16.8 Å². The van der Waals surface area contributed by atoms with E-state index >= 15 is 0 Å². The van der Waals surface area contributed by atoms with Crippen LogP contribution in [0.2, 0.25) is 0 Å². The van der Waals surface area contributed by atoms with Crippen molar-refractivity contribution in [1.29, 1.82) is 0 Å². The number of nitrogens with zero attached hydrogens (tertiary/aromatic N) is 4. The van der Waals surface area contributed by atoms with Crippen LogP contribution in [0, 0.1) is 17.0 Å². The number of fused-ring (bicyclic) bond motifs is 1. The number of carbonyl (C=O) groups is 1. The molecular formula is C18H16N4O5S. The van der Waals surface area contributed by atoms with Gasteiger partial charge >= 0.3 is 0 Å². The van der Waals surface area contributed by atoms with Crippen LogP contribution in [0.15, 0.2) is 44.6 Å². The second-order valence-electron chi connectivity index (χ2n) is 6.27. The van der Waals surface area contributed by atoms with Crippen molar-refractivity contribution in [2.45, 2.75) is 25.0 Å². The molecular weight excluding hydrogens is 384 g/mol. The largest absolute Gasteiger partial charge is 0.469 e. The number of anilines is 1. The molecule has 0 saturated heterocycles. The monoisotopic (exact) mass is 400 g/mol. The molecule has 9 nitrogen and oxygen atoms in total. The number of carbonyl (C=O) groups excluding carboxylic acids is 1. The van der Waals surface area contributed by atoms with Crippen LogP contribution >= 0.6 is 11.8 Å². The van der Waals surface area contributed by atoms with Crippen molar-refractivity contribution in [3.63, 3.8) is 0 Å². The molecule has 0 radical (unpaired) electrons. The predicted octanol–water partition coefficient (Wildman–Crippen LogP) is 3.62. The van der Waals surface area contributed by atoms with Gasteiger partial charge in [-0.05, 0) is 37.5 Å². The maximum Gasteiger partial charge on any atom is 0.277 e. The molecule has 1 aliphatic rings. The number of amides is 1. The Hall–Kier alpha value is -3.14. The van der Waals surface area contributed by atoms with E-state index in [0.29, 0.717) is 29.8 Å². The van der Waals surface area contributed by atoms with Gasteiger partial charge in [-0.25, -0.2) is 0 Å². The number of nitro groups is 1. The first-order valence-corrected chi connectivity index (χ1v) is 9.60. The van der Waals surface area contributed by atoms with Crippen LogP contribution in [0.5, 0.6) is 0 Å². The van der Waals surface area contributed by atoms with Crippen LogP contribution in [0.3, 0.4) is 0 Å².